The number of amides is 2. The van der Waals surface area contributed by atoms with E-state index in [0.29, 0.717) is 12.6 Å². The summed E-state index contributed by atoms with van der Waals surface area (Å²) in [7, 11) is 0. The van der Waals surface area contributed by atoms with Crippen LogP contribution in [0.4, 0.5) is 5.69 Å². The molecule has 2 aliphatic rings. The average Bonchev–Trinajstić information content (AvgIpc) is 3.39. The Kier molecular flexibility index (Phi) is 5.48. The maximum atomic E-state index is 12.4. The van der Waals surface area contributed by atoms with Gasteiger partial charge in [0.2, 0.25) is 11.8 Å². The number of para-hydroxylation sites is 1. The molecule has 3 rings (SSSR count). The van der Waals surface area contributed by atoms with Crippen molar-refractivity contribution >= 4 is 17.5 Å². The van der Waals surface area contributed by atoms with E-state index < -0.39 is 0 Å². The third-order valence-corrected chi connectivity index (χ3v) is 4.69. The summed E-state index contributed by atoms with van der Waals surface area (Å²) >= 11 is 0. The lowest BCUT2D eigenvalue weighted by atomic mass is 10.2. The fourth-order valence-corrected chi connectivity index (χ4v) is 2.95. The zero-order valence-corrected chi connectivity index (χ0v) is 14.2. The Bertz CT molecular complexity index is 566. The summed E-state index contributed by atoms with van der Waals surface area (Å²) in [5, 5.41) is 5.97. The first-order valence-electron chi connectivity index (χ1n) is 8.73. The molecule has 6 heteroatoms. The van der Waals surface area contributed by atoms with Crippen LogP contribution in [0.5, 0.6) is 0 Å². The molecule has 2 amide bonds. The van der Waals surface area contributed by atoms with E-state index in [1.54, 1.807) is 0 Å². The van der Waals surface area contributed by atoms with Crippen molar-refractivity contribution in [2.24, 2.45) is 0 Å². The predicted octanol–water partition coefficient (Wildman–Crippen LogP) is 0.910. The molecule has 1 aliphatic carbocycles. The summed E-state index contributed by atoms with van der Waals surface area (Å²) in [6, 6.07) is 9.77. The molecule has 1 aromatic carbocycles. The first-order chi connectivity index (χ1) is 11.6. The minimum atomic E-state index is -0.173. The molecule has 2 N–H and O–H groups in total. The Morgan fingerprint density at radius 2 is 1.79 bits per heavy atom. The van der Waals surface area contributed by atoms with E-state index in [-0.39, 0.29) is 17.9 Å². The molecule has 2 fully saturated rings. The van der Waals surface area contributed by atoms with E-state index in [1.807, 2.05) is 37.3 Å². The Labute approximate surface area is 143 Å². The molecular formula is C18H26N4O2. The number of hydrogen-bond donors (Lipinski definition) is 2. The number of rotatable bonds is 6. The molecule has 1 atom stereocenters. The largest absolute Gasteiger partial charge is 0.352 e. The minimum Gasteiger partial charge on any atom is -0.352 e. The maximum Gasteiger partial charge on any atom is 0.241 e. The van der Waals surface area contributed by atoms with Gasteiger partial charge in [-0.3, -0.25) is 19.4 Å². The van der Waals surface area contributed by atoms with Crippen LogP contribution in [0.3, 0.4) is 0 Å². The van der Waals surface area contributed by atoms with Crippen molar-refractivity contribution in [2.45, 2.75) is 31.8 Å². The molecule has 1 heterocycles. The molecule has 0 aromatic heterocycles. The molecular weight excluding hydrogens is 304 g/mol. The van der Waals surface area contributed by atoms with Gasteiger partial charge in [-0.1, -0.05) is 18.2 Å². The van der Waals surface area contributed by atoms with Crippen LogP contribution in [0.1, 0.15) is 19.8 Å². The Hall–Kier alpha value is -1.92. The number of nitrogens with one attached hydrogen (secondary N) is 2. The first-order valence-corrected chi connectivity index (χ1v) is 8.73. The molecule has 0 radical (unpaired) electrons. The van der Waals surface area contributed by atoms with Gasteiger partial charge in [0.1, 0.15) is 0 Å². The average molecular weight is 330 g/mol. The van der Waals surface area contributed by atoms with Crippen molar-refractivity contribution in [3.63, 3.8) is 0 Å². The molecule has 1 aliphatic heterocycles. The van der Waals surface area contributed by atoms with Crippen LogP contribution in [0.25, 0.3) is 0 Å². The van der Waals surface area contributed by atoms with Gasteiger partial charge in [0, 0.05) is 37.9 Å². The van der Waals surface area contributed by atoms with Crippen molar-refractivity contribution < 1.29 is 9.59 Å². The van der Waals surface area contributed by atoms with Gasteiger partial charge in [-0.2, -0.15) is 0 Å². The highest BCUT2D eigenvalue weighted by molar-refractivity contribution is 5.94. The van der Waals surface area contributed by atoms with Gasteiger partial charge in [0.05, 0.1) is 12.6 Å². The van der Waals surface area contributed by atoms with Crippen molar-refractivity contribution in [1.82, 2.24) is 15.1 Å². The van der Waals surface area contributed by atoms with Gasteiger partial charge >= 0.3 is 0 Å². The Balaban J connectivity index is 1.41. The number of anilines is 1. The predicted molar refractivity (Wildman–Crippen MR) is 93.7 cm³/mol. The second-order valence-corrected chi connectivity index (χ2v) is 6.69. The number of benzene rings is 1. The summed E-state index contributed by atoms with van der Waals surface area (Å²) in [5.74, 6) is 0.141. The maximum absolute atomic E-state index is 12.4. The Morgan fingerprint density at radius 1 is 1.12 bits per heavy atom. The molecule has 1 saturated carbocycles. The monoisotopic (exact) mass is 330 g/mol. The first kappa shape index (κ1) is 16.9. The standard InChI is InChI=1S/C18H26N4O2/c1-14(18(24)20-15-5-3-2-4-6-15)22-11-9-21(10-12-22)13-17(23)19-16-7-8-16/h2-6,14,16H,7-13H2,1H3,(H,19,23)(H,20,24)/t14-/m1/s1. The zero-order chi connectivity index (χ0) is 16.9. The van der Waals surface area contributed by atoms with Crippen LogP contribution in [-0.4, -0.2) is 66.4 Å². The highest BCUT2D eigenvalue weighted by Gasteiger charge is 2.28. The highest BCUT2D eigenvalue weighted by Crippen LogP contribution is 2.18. The van der Waals surface area contributed by atoms with Crippen molar-refractivity contribution in [3.05, 3.63) is 30.3 Å². The van der Waals surface area contributed by atoms with Crippen molar-refractivity contribution in [2.75, 3.05) is 38.0 Å². The van der Waals surface area contributed by atoms with Crippen LogP contribution >= 0.6 is 0 Å². The summed E-state index contributed by atoms with van der Waals surface area (Å²) in [6.07, 6.45) is 2.24. The van der Waals surface area contributed by atoms with Crippen LogP contribution in [0.15, 0.2) is 30.3 Å². The molecule has 1 saturated heterocycles. The van der Waals surface area contributed by atoms with E-state index in [0.717, 1.165) is 44.7 Å². The summed E-state index contributed by atoms with van der Waals surface area (Å²) in [6.45, 7) is 5.66. The third-order valence-electron chi connectivity index (χ3n) is 4.69. The third kappa shape index (κ3) is 4.79. The van der Waals surface area contributed by atoms with Crippen LogP contribution in [0.2, 0.25) is 0 Å². The molecule has 0 unspecified atom stereocenters. The lowest BCUT2D eigenvalue weighted by Crippen LogP contribution is -2.54. The van der Waals surface area contributed by atoms with Gasteiger partial charge in [0.15, 0.2) is 0 Å². The number of nitrogens with zero attached hydrogens (tertiary/aromatic N) is 2. The van der Waals surface area contributed by atoms with Crippen LogP contribution in [-0.2, 0) is 9.59 Å². The number of piperazine rings is 1. The minimum absolute atomic E-state index is 0.0149. The Morgan fingerprint density at radius 3 is 2.42 bits per heavy atom. The molecule has 130 valence electrons. The van der Waals surface area contributed by atoms with Gasteiger partial charge in [0.25, 0.3) is 0 Å². The second kappa shape index (κ2) is 7.77. The highest BCUT2D eigenvalue weighted by atomic mass is 16.2. The summed E-state index contributed by atoms with van der Waals surface area (Å²) < 4.78 is 0. The van der Waals surface area contributed by atoms with E-state index in [1.165, 1.54) is 0 Å². The van der Waals surface area contributed by atoms with E-state index >= 15 is 0 Å². The fraction of sp³-hybridized carbons (Fsp3) is 0.556. The molecule has 0 bridgehead atoms. The second-order valence-electron chi connectivity index (χ2n) is 6.69. The van der Waals surface area contributed by atoms with Crippen molar-refractivity contribution in [1.29, 1.82) is 0 Å². The topological polar surface area (TPSA) is 64.7 Å². The lowest BCUT2D eigenvalue weighted by molar-refractivity contribution is -0.124. The summed E-state index contributed by atoms with van der Waals surface area (Å²) in [4.78, 5) is 28.6. The normalized spacial score (nSPS) is 20.4. The number of hydrogen-bond acceptors (Lipinski definition) is 4. The van der Waals surface area contributed by atoms with Crippen LogP contribution in [0, 0.1) is 0 Å². The molecule has 1 aromatic rings. The fourth-order valence-electron chi connectivity index (χ4n) is 2.95. The molecule has 24 heavy (non-hydrogen) atoms. The smallest absolute Gasteiger partial charge is 0.241 e. The molecule has 6 nitrogen and oxygen atoms in total. The molecule has 0 spiro atoms. The van der Waals surface area contributed by atoms with E-state index in [4.69, 9.17) is 0 Å². The van der Waals surface area contributed by atoms with Crippen molar-refractivity contribution in [3.8, 4) is 0 Å². The SMILES string of the molecule is C[C@H](C(=O)Nc1ccccc1)N1CCN(CC(=O)NC2CC2)CC1. The number of carbonyl (C=O) groups excluding carboxylic acids is 2. The quantitative estimate of drug-likeness (QED) is 0.814. The van der Waals surface area contributed by atoms with E-state index in [9.17, 15) is 9.59 Å². The van der Waals surface area contributed by atoms with Gasteiger partial charge < -0.3 is 10.6 Å². The van der Waals surface area contributed by atoms with Gasteiger partial charge in [-0.25, -0.2) is 0 Å². The summed E-state index contributed by atoms with van der Waals surface area (Å²) in [5.41, 5.74) is 0.824. The zero-order valence-electron chi connectivity index (χ0n) is 14.2. The lowest BCUT2D eigenvalue weighted by Gasteiger charge is -2.37. The number of carbonyl (C=O) groups is 2. The van der Waals surface area contributed by atoms with Gasteiger partial charge in [-0.15, -0.1) is 0 Å². The van der Waals surface area contributed by atoms with Crippen LogP contribution < -0.4 is 10.6 Å². The van der Waals surface area contributed by atoms with E-state index in [2.05, 4.69) is 20.4 Å². The van der Waals surface area contributed by atoms with Gasteiger partial charge in [-0.05, 0) is 31.9 Å².